The van der Waals surface area contributed by atoms with E-state index in [2.05, 4.69) is 44.3 Å². The van der Waals surface area contributed by atoms with Gasteiger partial charge in [0.15, 0.2) is 5.78 Å². The number of aryl methyl sites for hydroxylation is 1. The normalized spacial score (nSPS) is 51.4. The van der Waals surface area contributed by atoms with Gasteiger partial charge in [0.25, 0.3) is 0 Å². The molecule has 406 valence electrons. The van der Waals surface area contributed by atoms with Crippen LogP contribution in [0.1, 0.15) is 104 Å². The van der Waals surface area contributed by atoms with Gasteiger partial charge >= 0.3 is 0 Å². The van der Waals surface area contributed by atoms with E-state index in [1.807, 2.05) is 26.1 Å². The molecule has 8 bridgehead atoms. The standard InChI is InChI=1S/C58H80N2O12S2/c1-31(2)32(3)45-47(72-45)56(70)14-7-8-35-21-40-41-23-43(64)54(24-44(65)52(69,30-62)27-50(40,54)4)49(68)74-73-26-37-9-6-13-51(29-61)15-11-36-20-34(25-59-5)46(66)55(36)28-60(48(67)58(37,51)55)38-18-33(19-39(63)22-38)10-16-53(35)42(56)12-17-57(41,53)71/h7-8,11,15,18-19,22-23,31-32,34-37,40,42,44-47,49,59,61-63,65-66,68-71H,6,9-10,12-14,16-17,20-21,24-30H2,1-5H3/t32-,34-,35-,36-,37-,40+,42+,44-,45+,46+,47-,49+,50-,51-,52-,53-,54+,55-,56-,57-,58+/m1/s1. The molecule has 0 radical (unpaired) electrons. The highest BCUT2D eigenvalue weighted by molar-refractivity contribution is 8.76. The monoisotopic (exact) mass is 1060 g/mol. The van der Waals surface area contributed by atoms with E-state index < -0.39 is 109 Å². The first-order valence-corrected chi connectivity index (χ1v) is 30.3. The van der Waals surface area contributed by atoms with E-state index in [0.29, 0.717) is 86.4 Å². The van der Waals surface area contributed by atoms with Gasteiger partial charge in [-0.1, -0.05) is 80.0 Å². The first-order chi connectivity index (χ1) is 35.1. The lowest BCUT2D eigenvalue weighted by molar-refractivity contribution is -0.235. The number of epoxide rings is 1. The van der Waals surface area contributed by atoms with E-state index in [1.165, 1.54) is 10.8 Å². The number of aliphatic hydroxyl groups excluding tert-OH is 5. The number of amides is 1. The third-order valence-electron chi connectivity index (χ3n) is 23.6. The lowest BCUT2D eigenvalue weighted by atomic mass is 9.38. The van der Waals surface area contributed by atoms with Crippen molar-refractivity contribution in [2.75, 3.05) is 44.0 Å². The molecule has 5 aliphatic heterocycles. The molecule has 0 unspecified atom stereocenters. The Hall–Kier alpha value is -2.32. The molecule has 16 heteroatoms. The summed E-state index contributed by atoms with van der Waals surface area (Å²) in [6.45, 7) is 7.91. The fourth-order valence-corrected chi connectivity index (χ4v) is 23.0. The fourth-order valence-electron chi connectivity index (χ4n) is 20.0. The minimum atomic E-state index is -2.03. The Kier molecular flexibility index (Phi) is 12.3. The van der Waals surface area contributed by atoms with Crippen LogP contribution in [0.5, 0.6) is 5.75 Å². The summed E-state index contributed by atoms with van der Waals surface area (Å²) < 4.78 is 6.53. The van der Waals surface area contributed by atoms with Crippen LogP contribution >= 0.6 is 21.6 Å². The largest absolute Gasteiger partial charge is 0.508 e. The minimum absolute atomic E-state index is 0.0420. The van der Waals surface area contributed by atoms with Crippen molar-refractivity contribution in [1.82, 2.24) is 5.32 Å². The van der Waals surface area contributed by atoms with Gasteiger partial charge in [0, 0.05) is 52.8 Å². The quantitative estimate of drug-likeness (QED) is 0.100. The molecule has 7 fully saturated rings. The average molecular weight is 1060 g/mol. The lowest BCUT2D eigenvalue weighted by Crippen LogP contribution is -2.72. The number of hydrogen-bond acceptors (Lipinski definition) is 15. The van der Waals surface area contributed by atoms with Gasteiger partial charge < -0.3 is 60.9 Å². The van der Waals surface area contributed by atoms with Gasteiger partial charge in [-0.2, -0.15) is 0 Å². The second kappa shape index (κ2) is 17.3. The summed E-state index contributed by atoms with van der Waals surface area (Å²) in [5.41, 5.74) is -12.4. The number of benzene rings is 1. The number of ketones is 1. The maximum atomic E-state index is 16.4. The van der Waals surface area contributed by atoms with Crippen molar-refractivity contribution in [2.24, 2.45) is 79.8 Å². The highest BCUT2D eigenvalue weighted by Gasteiger charge is 2.82. The van der Waals surface area contributed by atoms with Crippen LogP contribution in [0.15, 0.2) is 54.2 Å². The van der Waals surface area contributed by atoms with Crippen LogP contribution in [0.4, 0.5) is 5.69 Å². The van der Waals surface area contributed by atoms with Crippen LogP contribution in [0, 0.1) is 79.8 Å². The number of allylic oxidation sites excluding steroid dienone is 3. The summed E-state index contributed by atoms with van der Waals surface area (Å²) in [6, 6.07) is 5.29. The van der Waals surface area contributed by atoms with Crippen molar-refractivity contribution in [1.29, 1.82) is 0 Å². The molecule has 14 rings (SSSR count). The molecule has 5 saturated carbocycles. The van der Waals surface area contributed by atoms with Gasteiger partial charge in [-0.05, 0) is 154 Å². The van der Waals surface area contributed by atoms with Crippen molar-refractivity contribution >= 4 is 39.0 Å². The zero-order valence-electron chi connectivity index (χ0n) is 43.7. The van der Waals surface area contributed by atoms with Crippen LogP contribution in [0.2, 0.25) is 0 Å². The first kappa shape index (κ1) is 52.4. The molecule has 1 aromatic rings. The van der Waals surface area contributed by atoms with Crippen molar-refractivity contribution in [3.8, 4) is 5.75 Å². The van der Waals surface area contributed by atoms with Crippen LogP contribution in [-0.4, -0.2) is 143 Å². The second-order valence-electron chi connectivity index (χ2n) is 26.3. The van der Waals surface area contributed by atoms with Crippen LogP contribution < -0.4 is 10.2 Å². The number of nitrogens with zero attached hydrogens (tertiary/aromatic N) is 1. The summed E-state index contributed by atoms with van der Waals surface area (Å²) in [7, 11) is 4.32. The molecule has 14 nitrogen and oxygen atoms in total. The smallest absolute Gasteiger partial charge is 0.235 e. The number of carbonyl (C=O) groups is 2. The first-order valence-electron chi connectivity index (χ1n) is 27.9. The molecule has 1 aromatic carbocycles. The number of aliphatic hydroxyl groups is 8. The van der Waals surface area contributed by atoms with Gasteiger partial charge in [-0.25, -0.2) is 0 Å². The van der Waals surface area contributed by atoms with E-state index in [4.69, 9.17) is 4.74 Å². The van der Waals surface area contributed by atoms with Gasteiger partial charge in [0.05, 0.1) is 48.0 Å². The van der Waals surface area contributed by atoms with Crippen LogP contribution in [-0.2, 0) is 20.7 Å². The number of rotatable bonds is 7. The third kappa shape index (κ3) is 6.29. The summed E-state index contributed by atoms with van der Waals surface area (Å²) in [4.78, 5) is 34.0. The molecule has 4 spiro atoms. The zero-order chi connectivity index (χ0) is 52.6. The number of ether oxygens (including phenoxy) is 1. The molecule has 8 aliphatic carbocycles. The number of nitrogens with one attached hydrogen (secondary N) is 1. The topological polar surface area (TPSA) is 244 Å². The molecule has 5 heterocycles. The van der Waals surface area contributed by atoms with Crippen molar-refractivity contribution in [3.63, 3.8) is 0 Å². The van der Waals surface area contributed by atoms with Crippen LogP contribution in [0.25, 0.3) is 0 Å². The summed E-state index contributed by atoms with van der Waals surface area (Å²) in [6.07, 6.45) is 10.5. The molecular formula is C58H80N2O12S2. The second-order valence-corrected chi connectivity index (χ2v) is 28.8. The van der Waals surface area contributed by atoms with Crippen molar-refractivity contribution in [3.05, 3.63) is 59.7 Å². The molecule has 10 N–H and O–H groups in total. The predicted octanol–water partition coefficient (Wildman–Crippen LogP) is 4.82. The molecule has 13 aliphatic rings. The Morgan fingerprint density at radius 2 is 1.72 bits per heavy atom. The summed E-state index contributed by atoms with van der Waals surface area (Å²) in [5, 5.41) is 116. The van der Waals surface area contributed by atoms with Crippen molar-refractivity contribution in [2.45, 2.75) is 151 Å². The Morgan fingerprint density at radius 3 is 2.45 bits per heavy atom. The van der Waals surface area contributed by atoms with E-state index in [9.17, 15) is 46.0 Å². The zero-order valence-corrected chi connectivity index (χ0v) is 45.3. The van der Waals surface area contributed by atoms with Gasteiger partial charge in [-0.3, -0.25) is 9.59 Å². The van der Waals surface area contributed by atoms with Gasteiger partial charge in [-0.15, -0.1) is 0 Å². The number of carbonyl (C=O) groups excluding carboxylic acids is 2. The molecular weight excluding hydrogens is 981 g/mol. The number of phenols is 1. The number of fused-ring (bicyclic) bond motifs is 1. The van der Waals surface area contributed by atoms with E-state index in [1.54, 1.807) is 23.1 Å². The van der Waals surface area contributed by atoms with Crippen molar-refractivity contribution < 1.29 is 60.3 Å². The fraction of sp³-hybridized carbons (Fsp3) is 0.759. The maximum Gasteiger partial charge on any atom is 0.235 e. The molecule has 2 saturated heterocycles. The Morgan fingerprint density at radius 1 is 0.946 bits per heavy atom. The minimum Gasteiger partial charge on any atom is -0.508 e. The molecule has 74 heavy (non-hydrogen) atoms. The molecule has 0 aromatic heterocycles. The average Bonchev–Trinajstić information content (AvgIpc) is 4.04. The highest BCUT2D eigenvalue weighted by atomic mass is 33.1. The number of aromatic hydroxyl groups is 1. The van der Waals surface area contributed by atoms with E-state index in [-0.39, 0.29) is 74.3 Å². The molecule has 21 atom stereocenters. The SMILES string of the molecule is CNC[C@H]1C[C@H]2C=C[C@@]3(CO)CCC[C@@H]4CSS[C@H](O)[C@@]56C[C@@H](O)[C@](O)(CO)C[C@]5(C)[C@H]5C[C@H]7C=CC[C@](O)([C@@H]8O[C@H]8[C@H](C)C(C)C)[C@H]8CC[C@@](O)(C5=CC6=O)[C@]78CCc5cc(O)cc(c5)N5C[C@@]2([C@H]1O)[C@]43C5=O. The number of anilines is 1. The van der Waals surface area contributed by atoms with Crippen LogP contribution in [0.3, 0.4) is 0 Å². The van der Waals surface area contributed by atoms with Gasteiger partial charge in [0.1, 0.15) is 28.5 Å². The van der Waals surface area contributed by atoms with E-state index in [0.717, 1.165) is 10.8 Å². The summed E-state index contributed by atoms with van der Waals surface area (Å²) in [5.74, 6) is -2.34. The number of hydrogen-bond donors (Lipinski definition) is 10. The Bertz CT molecular complexity index is 2580. The maximum absolute atomic E-state index is 16.4. The molecule has 1 amide bonds. The lowest BCUT2D eigenvalue weighted by Gasteiger charge is -2.68. The van der Waals surface area contributed by atoms with Gasteiger partial charge in [0.2, 0.25) is 5.91 Å². The third-order valence-corrected chi connectivity index (χ3v) is 26.3. The Balaban J connectivity index is 1.07. The Labute approximate surface area is 443 Å². The predicted molar refractivity (Wildman–Crippen MR) is 281 cm³/mol. The number of phenolic OH excluding ortho intramolecular Hbond substituents is 1. The summed E-state index contributed by atoms with van der Waals surface area (Å²) >= 11 is 0. The highest BCUT2D eigenvalue weighted by Crippen LogP contribution is 2.79. The van der Waals surface area contributed by atoms with E-state index >= 15 is 9.59 Å².